The number of ether oxygens (including phenoxy) is 1. The molecule has 17 heavy (non-hydrogen) atoms. The lowest BCUT2D eigenvalue weighted by molar-refractivity contribution is 0.122. The molecule has 1 aliphatic rings. The zero-order chi connectivity index (χ0) is 12.7. The fourth-order valence-electron chi connectivity index (χ4n) is 1.85. The summed E-state index contributed by atoms with van der Waals surface area (Å²) < 4.78 is 5.36. The second-order valence-electron chi connectivity index (χ2n) is 3.81. The Hall–Kier alpha value is -0.670. The molecule has 1 saturated heterocycles. The van der Waals surface area contributed by atoms with E-state index in [9.17, 15) is 0 Å². The van der Waals surface area contributed by atoms with Gasteiger partial charge in [0, 0.05) is 23.7 Å². The second kappa shape index (κ2) is 7.62. The third-order valence-electron chi connectivity index (χ3n) is 2.65. The molecule has 2 rings (SSSR count). The van der Waals surface area contributed by atoms with Crippen LogP contribution in [0.1, 0.15) is 19.4 Å². The number of anilines is 1. The van der Waals surface area contributed by atoms with Crippen molar-refractivity contribution >= 4 is 17.4 Å². The fraction of sp³-hybridized carbons (Fsp3) is 0.571. The molecule has 0 unspecified atom stereocenters. The number of aryl methyl sites for hydroxylation is 1. The third kappa shape index (κ3) is 4.25. The molecule has 0 aromatic heterocycles. The van der Waals surface area contributed by atoms with Crippen LogP contribution in [0.2, 0.25) is 0 Å². The van der Waals surface area contributed by atoms with Gasteiger partial charge >= 0.3 is 0 Å². The van der Waals surface area contributed by atoms with Crippen molar-refractivity contribution < 1.29 is 4.74 Å². The lowest BCUT2D eigenvalue weighted by Gasteiger charge is -2.29. The predicted octanol–water partition coefficient (Wildman–Crippen LogP) is 3.58. The number of nitrogens with zero attached hydrogens (tertiary/aromatic N) is 1. The molecule has 0 atom stereocenters. The van der Waals surface area contributed by atoms with E-state index >= 15 is 0 Å². The second-order valence-corrected chi connectivity index (χ2v) is 4.69. The monoisotopic (exact) mass is 253 g/mol. The van der Waals surface area contributed by atoms with Gasteiger partial charge in [-0.1, -0.05) is 13.8 Å². The van der Waals surface area contributed by atoms with Crippen molar-refractivity contribution in [2.75, 3.05) is 37.5 Å². The van der Waals surface area contributed by atoms with Gasteiger partial charge in [-0.15, -0.1) is 11.8 Å². The van der Waals surface area contributed by atoms with Crippen LogP contribution in [0.25, 0.3) is 0 Å². The van der Waals surface area contributed by atoms with Crippen molar-refractivity contribution in [3.05, 3.63) is 23.8 Å². The molecule has 0 radical (unpaired) electrons. The van der Waals surface area contributed by atoms with Crippen LogP contribution in [0, 0.1) is 6.92 Å². The Morgan fingerprint density at radius 2 is 1.76 bits per heavy atom. The van der Waals surface area contributed by atoms with E-state index in [1.807, 2.05) is 13.8 Å². The smallest absolute Gasteiger partial charge is 0.0642 e. The first-order valence-corrected chi connectivity index (χ1v) is 7.50. The summed E-state index contributed by atoms with van der Waals surface area (Å²) >= 11 is 1.80. The fourth-order valence-corrected chi connectivity index (χ4v) is 2.39. The van der Waals surface area contributed by atoms with E-state index in [1.54, 1.807) is 11.8 Å². The van der Waals surface area contributed by atoms with Crippen molar-refractivity contribution in [1.29, 1.82) is 0 Å². The minimum Gasteiger partial charge on any atom is -0.378 e. The molecule has 96 valence electrons. The van der Waals surface area contributed by atoms with Crippen LogP contribution in [0.15, 0.2) is 23.1 Å². The van der Waals surface area contributed by atoms with Gasteiger partial charge < -0.3 is 9.64 Å². The van der Waals surface area contributed by atoms with Gasteiger partial charge in [0.15, 0.2) is 0 Å². The van der Waals surface area contributed by atoms with Crippen LogP contribution in [-0.2, 0) is 4.74 Å². The molecule has 1 aromatic carbocycles. The Morgan fingerprint density at radius 1 is 1.12 bits per heavy atom. The first-order valence-electron chi connectivity index (χ1n) is 6.28. The zero-order valence-corrected chi connectivity index (χ0v) is 12.1. The van der Waals surface area contributed by atoms with Crippen LogP contribution < -0.4 is 4.90 Å². The topological polar surface area (TPSA) is 12.5 Å². The minimum absolute atomic E-state index is 0.850. The number of thioether (sulfide) groups is 1. The summed E-state index contributed by atoms with van der Waals surface area (Å²) in [5.74, 6) is 0. The van der Waals surface area contributed by atoms with Gasteiger partial charge in [0.05, 0.1) is 13.2 Å². The number of hydrogen-bond donors (Lipinski definition) is 0. The van der Waals surface area contributed by atoms with Crippen LogP contribution in [-0.4, -0.2) is 32.6 Å². The summed E-state index contributed by atoms with van der Waals surface area (Å²) in [5.41, 5.74) is 2.67. The van der Waals surface area contributed by atoms with Gasteiger partial charge in [0.25, 0.3) is 0 Å². The summed E-state index contributed by atoms with van der Waals surface area (Å²) in [6.45, 7) is 9.88. The standard InChI is InChI=1S/C12H17NOS.C2H6/c1-10-7-11(9-12(8-10)15-2)13-3-5-14-6-4-13;1-2/h7-9H,3-6H2,1-2H3;1-2H3. The number of morpholine rings is 1. The highest BCUT2D eigenvalue weighted by Crippen LogP contribution is 2.25. The highest BCUT2D eigenvalue weighted by atomic mass is 32.2. The SMILES string of the molecule is CC.CSc1cc(C)cc(N2CCOCC2)c1. The molecule has 0 bridgehead atoms. The Balaban J connectivity index is 0.000000686. The van der Waals surface area contributed by atoms with Gasteiger partial charge in [-0.05, 0) is 36.9 Å². The normalized spacial score (nSPS) is 15.2. The zero-order valence-electron chi connectivity index (χ0n) is 11.3. The molecule has 0 saturated carbocycles. The van der Waals surface area contributed by atoms with E-state index in [2.05, 4.69) is 36.3 Å². The molecule has 1 heterocycles. The van der Waals surface area contributed by atoms with Gasteiger partial charge in [-0.2, -0.15) is 0 Å². The van der Waals surface area contributed by atoms with E-state index in [4.69, 9.17) is 4.74 Å². The van der Waals surface area contributed by atoms with Gasteiger partial charge in [-0.25, -0.2) is 0 Å². The van der Waals surface area contributed by atoms with E-state index in [0.29, 0.717) is 0 Å². The quantitative estimate of drug-likeness (QED) is 0.748. The molecular formula is C14H23NOS. The van der Waals surface area contributed by atoms with Crippen molar-refractivity contribution in [3.8, 4) is 0 Å². The molecular weight excluding hydrogens is 230 g/mol. The van der Waals surface area contributed by atoms with Crippen molar-refractivity contribution in [3.63, 3.8) is 0 Å². The highest BCUT2D eigenvalue weighted by molar-refractivity contribution is 7.98. The summed E-state index contributed by atoms with van der Waals surface area (Å²) in [5, 5.41) is 0. The maximum Gasteiger partial charge on any atom is 0.0642 e. The Kier molecular flexibility index (Phi) is 6.45. The van der Waals surface area contributed by atoms with Gasteiger partial charge in [-0.3, -0.25) is 0 Å². The molecule has 3 heteroatoms. The average Bonchev–Trinajstić information content (AvgIpc) is 2.41. The maximum absolute atomic E-state index is 5.36. The average molecular weight is 253 g/mol. The molecule has 1 fully saturated rings. The maximum atomic E-state index is 5.36. The molecule has 0 amide bonds. The Labute approximate surface area is 109 Å². The molecule has 0 N–H and O–H groups in total. The van der Waals surface area contributed by atoms with Gasteiger partial charge in [0.1, 0.15) is 0 Å². The first kappa shape index (κ1) is 14.4. The summed E-state index contributed by atoms with van der Waals surface area (Å²) in [6.07, 6.45) is 2.12. The van der Waals surface area contributed by atoms with E-state index in [1.165, 1.54) is 16.1 Å². The van der Waals surface area contributed by atoms with E-state index < -0.39 is 0 Å². The number of rotatable bonds is 2. The highest BCUT2D eigenvalue weighted by Gasteiger charge is 2.11. The molecule has 0 spiro atoms. The lowest BCUT2D eigenvalue weighted by atomic mass is 10.2. The van der Waals surface area contributed by atoms with E-state index in [0.717, 1.165) is 26.3 Å². The van der Waals surface area contributed by atoms with Gasteiger partial charge in [0.2, 0.25) is 0 Å². The number of benzene rings is 1. The number of hydrogen-bond acceptors (Lipinski definition) is 3. The third-order valence-corrected chi connectivity index (χ3v) is 3.35. The van der Waals surface area contributed by atoms with Crippen molar-refractivity contribution in [2.45, 2.75) is 25.7 Å². The van der Waals surface area contributed by atoms with Crippen molar-refractivity contribution in [2.24, 2.45) is 0 Å². The van der Waals surface area contributed by atoms with Crippen molar-refractivity contribution in [1.82, 2.24) is 0 Å². The molecule has 1 aliphatic heterocycles. The summed E-state index contributed by atoms with van der Waals surface area (Å²) in [4.78, 5) is 3.74. The molecule has 0 aliphatic carbocycles. The summed E-state index contributed by atoms with van der Waals surface area (Å²) in [7, 11) is 0. The van der Waals surface area contributed by atoms with Crippen LogP contribution in [0.4, 0.5) is 5.69 Å². The first-order chi connectivity index (χ1) is 8.29. The van der Waals surface area contributed by atoms with E-state index in [-0.39, 0.29) is 0 Å². The summed E-state index contributed by atoms with van der Waals surface area (Å²) in [6, 6.07) is 6.75. The lowest BCUT2D eigenvalue weighted by Crippen LogP contribution is -2.36. The van der Waals surface area contributed by atoms with Crippen LogP contribution in [0.3, 0.4) is 0 Å². The molecule has 2 nitrogen and oxygen atoms in total. The minimum atomic E-state index is 0.850. The Morgan fingerprint density at radius 3 is 2.35 bits per heavy atom. The predicted molar refractivity (Wildman–Crippen MR) is 77.3 cm³/mol. The Bertz CT molecular complexity index is 335. The largest absolute Gasteiger partial charge is 0.378 e. The van der Waals surface area contributed by atoms with Crippen LogP contribution >= 0.6 is 11.8 Å². The van der Waals surface area contributed by atoms with Crippen LogP contribution in [0.5, 0.6) is 0 Å². The molecule has 1 aromatic rings.